The van der Waals surface area contributed by atoms with Crippen LogP contribution in [0.5, 0.6) is 11.5 Å². The molecule has 0 saturated carbocycles. The number of nitrogens with zero attached hydrogens (tertiary/aromatic N) is 5. The lowest BCUT2D eigenvalue weighted by Gasteiger charge is -2.07. The van der Waals surface area contributed by atoms with Gasteiger partial charge in [-0.05, 0) is 54.6 Å². The molecule has 0 atom stereocenters. The Kier molecular flexibility index (Phi) is 5.39. The Morgan fingerprint density at radius 1 is 0.810 bits per heavy atom. The Balaban J connectivity index is 1.15. The summed E-state index contributed by atoms with van der Waals surface area (Å²) in [7, 11) is 0. The first kappa shape index (κ1) is 23.8. The highest BCUT2D eigenvalue weighted by Gasteiger charge is 2.20. The number of benzene rings is 2. The van der Waals surface area contributed by atoms with Gasteiger partial charge in [-0.3, -0.25) is 19.9 Å². The van der Waals surface area contributed by atoms with Crippen molar-refractivity contribution in [2.45, 2.75) is 0 Å². The van der Waals surface area contributed by atoms with Crippen LogP contribution < -0.4 is 14.8 Å². The Bertz CT molecular complexity index is 2140. The lowest BCUT2D eigenvalue weighted by molar-refractivity contribution is 0.102. The van der Waals surface area contributed by atoms with E-state index in [0.717, 1.165) is 22.2 Å². The molecule has 1 aliphatic rings. The molecule has 1 aliphatic heterocycles. The maximum Gasteiger partial charge on any atom is 0.255 e. The van der Waals surface area contributed by atoms with Crippen LogP contribution in [0.1, 0.15) is 10.4 Å². The fourth-order valence-electron chi connectivity index (χ4n) is 4.97. The zero-order valence-corrected chi connectivity index (χ0v) is 21.8. The van der Waals surface area contributed by atoms with Crippen molar-refractivity contribution in [3.63, 3.8) is 0 Å². The number of ether oxygens (including phenoxy) is 2. The molecular weight excluding hydrogens is 532 g/mol. The highest BCUT2D eigenvalue weighted by atomic mass is 16.7. The van der Waals surface area contributed by atoms with Crippen molar-refractivity contribution in [1.29, 1.82) is 0 Å². The number of pyridine rings is 3. The second-order valence-corrected chi connectivity index (χ2v) is 9.66. The van der Waals surface area contributed by atoms with Gasteiger partial charge in [0.2, 0.25) is 6.79 Å². The Morgan fingerprint density at radius 2 is 1.69 bits per heavy atom. The molecule has 5 aromatic heterocycles. The number of carbonyl (C=O) groups excluding carboxylic acids is 1. The molecule has 11 nitrogen and oxygen atoms in total. The van der Waals surface area contributed by atoms with Crippen molar-refractivity contribution in [3.05, 3.63) is 97.0 Å². The lowest BCUT2D eigenvalue weighted by Crippen LogP contribution is -2.11. The third kappa shape index (κ3) is 4.07. The summed E-state index contributed by atoms with van der Waals surface area (Å²) in [5, 5.41) is 10.5. The molecule has 0 fully saturated rings. The fraction of sp³-hybridized carbons (Fsp3) is 0.0323. The quantitative estimate of drug-likeness (QED) is 0.250. The maximum absolute atomic E-state index is 12.6. The molecule has 0 spiro atoms. The van der Waals surface area contributed by atoms with Crippen LogP contribution in [0.4, 0.5) is 5.69 Å². The molecule has 0 radical (unpaired) electrons. The largest absolute Gasteiger partial charge is 0.454 e. The lowest BCUT2D eigenvalue weighted by atomic mass is 10.1. The predicted molar refractivity (Wildman–Crippen MR) is 156 cm³/mol. The standard InChI is InChI=1S/C31H20N8O3/c40-31(17-4-2-1-3-5-17)34-20-12-19(14-32-15-20)21-7-8-23-28(35-21)29(39-38-23)30-36-22-10-11-33-26(27(22)37-30)18-6-9-24-25(13-18)42-16-41-24/h1-15H,16H2,(H,34,40)(H,36,37)(H,38,39). The summed E-state index contributed by atoms with van der Waals surface area (Å²) in [5.41, 5.74) is 7.60. The van der Waals surface area contributed by atoms with Gasteiger partial charge in [0.25, 0.3) is 5.91 Å². The second-order valence-electron chi connectivity index (χ2n) is 9.66. The van der Waals surface area contributed by atoms with Crippen LogP contribution in [0.3, 0.4) is 0 Å². The van der Waals surface area contributed by atoms with Gasteiger partial charge >= 0.3 is 0 Å². The van der Waals surface area contributed by atoms with E-state index in [-0.39, 0.29) is 12.7 Å². The van der Waals surface area contributed by atoms with Crippen LogP contribution in [-0.2, 0) is 0 Å². The summed E-state index contributed by atoms with van der Waals surface area (Å²) < 4.78 is 11.0. The van der Waals surface area contributed by atoms with E-state index in [4.69, 9.17) is 19.4 Å². The van der Waals surface area contributed by atoms with E-state index in [1.807, 2.05) is 60.7 Å². The topological polar surface area (TPSA) is 144 Å². The molecule has 6 heterocycles. The van der Waals surface area contributed by atoms with Crippen LogP contribution in [0.15, 0.2) is 91.4 Å². The van der Waals surface area contributed by atoms with Crippen LogP contribution in [0.2, 0.25) is 0 Å². The molecule has 8 rings (SSSR count). The summed E-state index contributed by atoms with van der Waals surface area (Å²) in [6, 6.07) is 22.2. The number of fused-ring (bicyclic) bond motifs is 3. The first-order chi connectivity index (χ1) is 20.7. The smallest absolute Gasteiger partial charge is 0.255 e. The number of amides is 1. The van der Waals surface area contributed by atoms with Crippen molar-refractivity contribution in [2.24, 2.45) is 0 Å². The number of carbonyl (C=O) groups is 1. The molecule has 3 N–H and O–H groups in total. The Morgan fingerprint density at radius 3 is 2.62 bits per heavy atom. The highest BCUT2D eigenvalue weighted by molar-refractivity contribution is 6.04. The van der Waals surface area contributed by atoms with E-state index < -0.39 is 0 Å². The molecule has 0 aliphatic carbocycles. The van der Waals surface area contributed by atoms with Crippen LogP contribution >= 0.6 is 0 Å². The normalized spacial score (nSPS) is 12.2. The summed E-state index contributed by atoms with van der Waals surface area (Å²) in [6.45, 7) is 0.201. The summed E-state index contributed by atoms with van der Waals surface area (Å²) in [4.78, 5) is 34.7. The summed E-state index contributed by atoms with van der Waals surface area (Å²) in [6.07, 6.45) is 5.04. The number of anilines is 1. The van der Waals surface area contributed by atoms with E-state index in [0.29, 0.717) is 56.7 Å². The zero-order valence-electron chi connectivity index (χ0n) is 21.8. The van der Waals surface area contributed by atoms with Gasteiger partial charge < -0.3 is 19.8 Å². The van der Waals surface area contributed by atoms with E-state index in [1.54, 1.807) is 30.7 Å². The first-order valence-corrected chi connectivity index (χ1v) is 13.1. The molecule has 2 aromatic carbocycles. The monoisotopic (exact) mass is 552 g/mol. The average Bonchev–Trinajstić information content (AvgIpc) is 3.78. The van der Waals surface area contributed by atoms with Crippen molar-refractivity contribution in [2.75, 3.05) is 12.1 Å². The van der Waals surface area contributed by atoms with Crippen molar-refractivity contribution >= 4 is 33.7 Å². The van der Waals surface area contributed by atoms with Gasteiger partial charge in [0, 0.05) is 29.1 Å². The van der Waals surface area contributed by atoms with Crippen LogP contribution in [0.25, 0.3) is 56.1 Å². The van der Waals surface area contributed by atoms with E-state index in [2.05, 4.69) is 30.5 Å². The fourth-order valence-corrected chi connectivity index (χ4v) is 4.97. The molecule has 0 saturated heterocycles. The minimum absolute atomic E-state index is 0.201. The first-order valence-electron chi connectivity index (χ1n) is 13.1. The van der Waals surface area contributed by atoms with Gasteiger partial charge in [-0.2, -0.15) is 5.10 Å². The maximum atomic E-state index is 12.6. The van der Waals surface area contributed by atoms with E-state index in [9.17, 15) is 4.79 Å². The number of imidazole rings is 1. The predicted octanol–water partition coefficient (Wildman–Crippen LogP) is 5.61. The minimum atomic E-state index is -0.213. The summed E-state index contributed by atoms with van der Waals surface area (Å²) >= 11 is 0. The number of nitrogens with one attached hydrogen (secondary N) is 3. The van der Waals surface area contributed by atoms with E-state index >= 15 is 0 Å². The number of aromatic nitrogens is 7. The molecule has 42 heavy (non-hydrogen) atoms. The van der Waals surface area contributed by atoms with Gasteiger partial charge in [0.15, 0.2) is 23.0 Å². The number of aromatic amines is 2. The van der Waals surface area contributed by atoms with Crippen LogP contribution in [-0.4, -0.2) is 47.8 Å². The third-order valence-electron chi connectivity index (χ3n) is 7.01. The highest BCUT2D eigenvalue weighted by Crippen LogP contribution is 2.37. The zero-order chi connectivity index (χ0) is 28.0. The molecule has 7 aromatic rings. The molecule has 1 amide bonds. The van der Waals surface area contributed by atoms with Crippen molar-refractivity contribution < 1.29 is 14.3 Å². The number of hydrogen-bond acceptors (Lipinski definition) is 8. The number of H-pyrrole nitrogens is 2. The second kappa shape index (κ2) is 9.52. The van der Waals surface area contributed by atoms with E-state index in [1.165, 1.54) is 0 Å². The summed E-state index contributed by atoms with van der Waals surface area (Å²) in [5.74, 6) is 1.72. The molecule has 0 unspecified atom stereocenters. The molecule has 202 valence electrons. The molecule has 11 heteroatoms. The Hall–Kier alpha value is -6.10. The van der Waals surface area contributed by atoms with Gasteiger partial charge in [-0.1, -0.05) is 18.2 Å². The van der Waals surface area contributed by atoms with Gasteiger partial charge in [-0.15, -0.1) is 0 Å². The third-order valence-corrected chi connectivity index (χ3v) is 7.01. The minimum Gasteiger partial charge on any atom is -0.454 e. The average molecular weight is 553 g/mol. The number of hydrogen-bond donors (Lipinski definition) is 3. The molecule has 0 bridgehead atoms. The van der Waals surface area contributed by atoms with Gasteiger partial charge in [0.1, 0.15) is 11.0 Å². The van der Waals surface area contributed by atoms with Crippen molar-refractivity contribution in [3.8, 4) is 45.5 Å². The molecular formula is C31H20N8O3. The van der Waals surface area contributed by atoms with Crippen LogP contribution in [0, 0.1) is 0 Å². The van der Waals surface area contributed by atoms with Gasteiger partial charge in [-0.25, -0.2) is 9.97 Å². The van der Waals surface area contributed by atoms with Crippen molar-refractivity contribution in [1.82, 2.24) is 35.1 Å². The van der Waals surface area contributed by atoms with Gasteiger partial charge in [0.05, 0.1) is 34.3 Å². The number of rotatable bonds is 5. The SMILES string of the molecule is O=C(Nc1cncc(-c2ccc3[nH]nc(-c4nc5c(-c6ccc7c(c6)OCO7)nccc5[nH]4)c3n2)c1)c1ccccc1. The Labute approximate surface area is 237 Å².